The molecular weight excluding hydrogens is 260 g/mol. The molecule has 6 heteroatoms. The Morgan fingerprint density at radius 1 is 1.40 bits per heavy atom. The number of nitrogens with zero attached hydrogens (tertiary/aromatic N) is 1. The molecule has 1 unspecified atom stereocenters. The van der Waals surface area contributed by atoms with Gasteiger partial charge in [-0.1, -0.05) is 12.1 Å². The zero-order chi connectivity index (χ0) is 15.0. The van der Waals surface area contributed by atoms with Gasteiger partial charge in [-0.25, -0.2) is 0 Å². The number of hydrogen-bond donors (Lipinski definition) is 1. The number of carbonyl (C=O) groups excluding carboxylic acids is 2. The summed E-state index contributed by atoms with van der Waals surface area (Å²) in [6.45, 7) is 3.27. The van der Waals surface area contributed by atoms with Gasteiger partial charge in [-0.3, -0.25) is 9.59 Å². The normalized spacial score (nSPS) is 11.1. The summed E-state index contributed by atoms with van der Waals surface area (Å²) in [5, 5.41) is 11.3. The van der Waals surface area contributed by atoms with Crippen LogP contribution in [0.5, 0.6) is 5.75 Å². The molecule has 0 bridgehead atoms. The van der Waals surface area contributed by atoms with Crippen LogP contribution in [0.3, 0.4) is 0 Å². The highest BCUT2D eigenvalue weighted by Gasteiger charge is 2.17. The summed E-state index contributed by atoms with van der Waals surface area (Å²) in [6, 6.07) is 8.59. The van der Waals surface area contributed by atoms with Gasteiger partial charge in [0.15, 0.2) is 6.10 Å². The van der Waals surface area contributed by atoms with Gasteiger partial charge in [0.25, 0.3) is 5.91 Å². The van der Waals surface area contributed by atoms with Crippen LogP contribution in [0.25, 0.3) is 0 Å². The average Bonchev–Trinajstić information content (AvgIpc) is 2.45. The minimum atomic E-state index is -0.820. The van der Waals surface area contributed by atoms with Crippen molar-refractivity contribution in [3.05, 3.63) is 29.8 Å². The Bertz CT molecular complexity index is 522. The van der Waals surface area contributed by atoms with Crippen LogP contribution in [-0.2, 0) is 14.3 Å². The molecule has 1 aromatic carbocycles. The Balaban J connectivity index is 2.54. The lowest BCUT2D eigenvalue weighted by atomic mass is 10.2. The van der Waals surface area contributed by atoms with Crippen molar-refractivity contribution in [2.24, 2.45) is 0 Å². The summed E-state index contributed by atoms with van der Waals surface area (Å²) >= 11 is 0. The van der Waals surface area contributed by atoms with Crippen LogP contribution in [-0.4, -0.2) is 31.1 Å². The monoisotopic (exact) mass is 276 g/mol. The van der Waals surface area contributed by atoms with Crippen LogP contribution in [0, 0.1) is 11.3 Å². The van der Waals surface area contributed by atoms with Crippen molar-refractivity contribution in [3.8, 4) is 11.8 Å². The Kier molecular flexibility index (Phi) is 6.04. The highest BCUT2D eigenvalue weighted by atomic mass is 16.5. The van der Waals surface area contributed by atoms with Crippen molar-refractivity contribution in [2.45, 2.75) is 20.0 Å². The summed E-state index contributed by atoms with van der Waals surface area (Å²) < 4.78 is 10.1. The van der Waals surface area contributed by atoms with E-state index in [1.807, 2.05) is 6.07 Å². The fourth-order valence-corrected chi connectivity index (χ4v) is 1.42. The lowest BCUT2D eigenvalue weighted by Gasteiger charge is -2.15. The highest BCUT2D eigenvalue weighted by Crippen LogP contribution is 2.17. The molecular formula is C14H16N2O4. The van der Waals surface area contributed by atoms with Gasteiger partial charge in [-0.2, -0.15) is 5.26 Å². The summed E-state index contributed by atoms with van der Waals surface area (Å²) in [5.41, 5.74) is 0.345. The number of nitrogens with one attached hydrogen (secondary N) is 1. The molecule has 0 radical (unpaired) electrons. The van der Waals surface area contributed by atoms with Gasteiger partial charge in [-0.15, -0.1) is 0 Å². The summed E-state index contributed by atoms with van der Waals surface area (Å²) in [7, 11) is 0. The maximum atomic E-state index is 11.7. The molecule has 0 saturated carbocycles. The van der Waals surface area contributed by atoms with E-state index in [2.05, 4.69) is 10.1 Å². The molecule has 0 fully saturated rings. The van der Waals surface area contributed by atoms with Gasteiger partial charge in [0.1, 0.15) is 18.4 Å². The quantitative estimate of drug-likeness (QED) is 0.783. The fourth-order valence-electron chi connectivity index (χ4n) is 1.42. The van der Waals surface area contributed by atoms with E-state index < -0.39 is 18.0 Å². The van der Waals surface area contributed by atoms with Gasteiger partial charge < -0.3 is 14.8 Å². The van der Waals surface area contributed by atoms with Gasteiger partial charge >= 0.3 is 5.97 Å². The van der Waals surface area contributed by atoms with Gasteiger partial charge in [0.2, 0.25) is 0 Å². The summed E-state index contributed by atoms with van der Waals surface area (Å²) in [5.74, 6) is -0.634. The molecule has 1 rings (SSSR count). The molecule has 0 heterocycles. The summed E-state index contributed by atoms with van der Waals surface area (Å²) in [4.78, 5) is 22.8. The Morgan fingerprint density at radius 2 is 2.10 bits per heavy atom. The molecule has 0 aliphatic carbocycles. The van der Waals surface area contributed by atoms with E-state index in [1.165, 1.54) is 6.92 Å². The Labute approximate surface area is 117 Å². The van der Waals surface area contributed by atoms with Gasteiger partial charge in [0.05, 0.1) is 12.2 Å². The lowest BCUT2D eigenvalue weighted by Crippen LogP contribution is -2.39. The van der Waals surface area contributed by atoms with Crippen LogP contribution >= 0.6 is 0 Å². The first-order valence-electron chi connectivity index (χ1n) is 6.17. The highest BCUT2D eigenvalue weighted by molar-refractivity contribution is 5.84. The minimum Gasteiger partial charge on any atom is -0.480 e. The van der Waals surface area contributed by atoms with E-state index in [4.69, 9.17) is 10.00 Å². The molecule has 0 aliphatic heterocycles. The second-order valence-electron chi connectivity index (χ2n) is 3.89. The van der Waals surface area contributed by atoms with Crippen LogP contribution < -0.4 is 10.1 Å². The molecule has 0 aromatic heterocycles. The first-order chi connectivity index (χ1) is 9.58. The van der Waals surface area contributed by atoms with Crippen LogP contribution in [0.15, 0.2) is 24.3 Å². The largest absolute Gasteiger partial charge is 0.480 e. The number of rotatable bonds is 6. The van der Waals surface area contributed by atoms with Crippen molar-refractivity contribution in [3.63, 3.8) is 0 Å². The lowest BCUT2D eigenvalue weighted by molar-refractivity contribution is -0.144. The Morgan fingerprint density at radius 3 is 2.75 bits per heavy atom. The van der Waals surface area contributed by atoms with E-state index in [1.54, 1.807) is 31.2 Å². The number of ether oxygens (including phenoxy) is 2. The molecule has 1 N–H and O–H groups in total. The van der Waals surface area contributed by atoms with Crippen LogP contribution in [0.4, 0.5) is 0 Å². The summed E-state index contributed by atoms with van der Waals surface area (Å²) in [6.07, 6.45) is -0.820. The molecule has 1 amide bonds. The van der Waals surface area contributed by atoms with Crippen molar-refractivity contribution < 1.29 is 19.1 Å². The first-order valence-corrected chi connectivity index (χ1v) is 6.17. The smallest absolute Gasteiger partial charge is 0.325 e. The predicted molar refractivity (Wildman–Crippen MR) is 70.9 cm³/mol. The zero-order valence-corrected chi connectivity index (χ0v) is 11.4. The molecule has 1 atom stereocenters. The SMILES string of the molecule is CCOC(=O)CNC(=O)C(C)Oc1ccccc1C#N. The number of nitriles is 1. The van der Waals surface area contributed by atoms with Crippen molar-refractivity contribution in [1.82, 2.24) is 5.32 Å². The van der Waals surface area contributed by atoms with Gasteiger partial charge in [-0.05, 0) is 26.0 Å². The minimum absolute atomic E-state index is 0.208. The third-order valence-corrected chi connectivity index (χ3v) is 2.39. The average molecular weight is 276 g/mol. The van der Waals surface area contributed by atoms with Gasteiger partial charge in [0, 0.05) is 0 Å². The molecule has 106 valence electrons. The third-order valence-electron chi connectivity index (χ3n) is 2.39. The molecule has 6 nitrogen and oxygen atoms in total. The maximum Gasteiger partial charge on any atom is 0.325 e. The predicted octanol–water partition coefficient (Wildman–Crippen LogP) is 1.00. The number of esters is 1. The van der Waals surface area contributed by atoms with Crippen molar-refractivity contribution >= 4 is 11.9 Å². The standard InChI is InChI=1S/C14H16N2O4/c1-3-19-13(17)9-16-14(18)10(2)20-12-7-5-4-6-11(12)8-15/h4-7,10H,3,9H2,1-2H3,(H,16,18). The Hall–Kier alpha value is -2.55. The molecule has 1 aromatic rings. The second kappa shape index (κ2) is 7.79. The van der Waals surface area contributed by atoms with E-state index in [9.17, 15) is 9.59 Å². The molecule has 0 saturated heterocycles. The number of amides is 1. The van der Waals surface area contributed by atoms with Crippen LogP contribution in [0.1, 0.15) is 19.4 Å². The van der Waals surface area contributed by atoms with Crippen molar-refractivity contribution in [1.29, 1.82) is 5.26 Å². The maximum absolute atomic E-state index is 11.7. The second-order valence-corrected chi connectivity index (χ2v) is 3.89. The van der Waals surface area contributed by atoms with E-state index in [0.717, 1.165) is 0 Å². The van der Waals surface area contributed by atoms with E-state index in [-0.39, 0.29) is 13.2 Å². The molecule has 0 aliphatic rings. The van der Waals surface area contributed by atoms with E-state index in [0.29, 0.717) is 11.3 Å². The topological polar surface area (TPSA) is 88.4 Å². The fraction of sp³-hybridized carbons (Fsp3) is 0.357. The number of benzene rings is 1. The van der Waals surface area contributed by atoms with E-state index >= 15 is 0 Å². The number of carbonyl (C=O) groups is 2. The number of para-hydroxylation sites is 1. The van der Waals surface area contributed by atoms with Crippen LogP contribution in [0.2, 0.25) is 0 Å². The number of hydrogen-bond acceptors (Lipinski definition) is 5. The molecule has 0 spiro atoms. The third kappa shape index (κ3) is 4.61. The molecule has 20 heavy (non-hydrogen) atoms. The van der Waals surface area contributed by atoms with Crippen molar-refractivity contribution in [2.75, 3.05) is 13.2 Å². The first kappa shape index (κ1) is 15.5. The zero-order valence-electron chi connectivity index (χ0n) is 11.4.